The molecule has 0 N–H and O–H groups in total. The summed E-state index contributed by atoms with van der Waals surface area (Å²) in [5.41, 5.74) is 0.201. The lowest BCUT2D eigenvalue weighted by molar-refractivity contribution is 0.00673. The third-order valence-electron chi connectivity index (χ3n) is 1.66. The first-order chi connectivity index (χ1) is 6.62. The zero-order chi connectivity index (χ0) is 10.9. The van der Waals surface area contributed by atoms with E-state index in [1.807, 2.05) is 0 Å². The van der Waals surface area contributed by atoms with Gasteiger partial charge in [0.2, 0.25) is 0 Å². The van der Waals surface area contributed by atoms with Gasteiger partial charge >= 0.3 is 0 Å². The van der Waals surface area contributed by atoms with Gasteiger partial charge < -0.3 is 14.2 Å². The highest BCUT2D eigenvalue weighted by Gasteiger charge is 2.15. The Morgan fingerprint density at radius 2 is 1.57 bits per heavy atom. The van der Waals surface area contributed by atoms with Gasteiger partial charge in [-0.2, -0.15) is 0 Å². The third kappa shape index (κ3) is 8.94. The largest absolute Gasteiger partial charge is 0.382 e. The Bertz CT molecular complexity index is 129. The van der Waals surface area contributed by atoms with Crippen LogP contribution in [0.25, 0.3) is 0 Å². The highest BCUT2D eigenvalue weighted by molar-refractivity contribution is 9.09. The van der Waals surface area contributed by atoms with Gasteiger partial charge in [-0.05, 0) is 5.41 Å². The summed E-state index contributed by atoms with van der Waals surface area (Å²) in [6.07, 6.45) is 0. The molecular weight excluding hydrogens is 248 g/mol. The first kappa shape index (κ1) is 14.4. The predicted molar refractivity (Wildman–Crippen MR) is 61.1 cm³/mol. The Morgan fingerprint density at radius 1 is 1.00 bits per heavy atom. The summed E-state index contributed by atoms with van der Waals surface area (Å²) in [5, 5.41) is 0.949. The van der Waals surface area contributed by atoms with Gasteiger partial charge in [0.1, 0.15) is 0 Å². The molecule has 4 heteroatoms. The lowest BCUT2D eigenvalue weighted by atomic mass is 9.99. The molecule has 86 valence electrons. The molecule has 0 saturated heterocycles. The van der Waals surface area contributed by atoms with E-state index in [2.05, 4.69) is 29.8 Å². The van der Waals surface area contributed by atoms with E-state index in [1.165, 1.54) is 0 Å². The van der Waals surface area contributed by atoms with Crippen LogP contribution >= 0.6 is 15.9 Å². The van der Waals surface area contributed by atoms with E-state index in [9.17, 15) is 0 Å². The van der Waals surface area contributed by atoms with Crippen molar-refractivity contribution in [2.75, 3.05) is 45.5 Å². The molecule has 0 aliphatic carbocycles. The van der Waals surface area contributed by atoms with Crippen molar-refractivity contribution < 1.29 is 14.2 Å². The highest BCUT2D eigenvalue weighted by atomic mass is 79.9. The van der Waals surface area contributed by atoms with Gasteiger partial charge in [-0.1, -0.05) is 29.8 Å². The number of alkyl halides is 1. The van der Waals surface area contributed by atoms with E-state index in [0.717, 1.165) is 11.9 Å². The Kier molecular flexibility index (Phi) is 8.87. The SMILES string of the molecule is COCCOCCOCC(C)(C)CBr. The van der Waals surface area contributed by atoms with Gasteiger partial charge in [-0.15, -0.1) is 0 Å². The molecular formula is C10H21BrO3. The Labute approximate surface area is 95.2 Å². The van der Waals surface area contributed by atoms with Crippen LogP contribution < -0.4 is 0 Å². The highest BCUT2D eigenvalue weighted by Crippen LogP contribution is 2.17. The van der Waals surface area contributed by atoms with Crippen molar-refractivity contribution in [3.8, 4) is 0 Å². The van der Waals surface area contributed by atoms with Crippen molar-refractivity contribution in [3.63, 3.8) is 0 Å². The van der Waals surface area contributed by atoms with Gasteiger partial charge in [0.25, 0.3) is 0 Å². The summed E-state index contributed by atoms with van der Waals surface area (Å²) in [6.45, 7) is 7.66. The van der Waals surface area contributed by atoms with Gasteiger partial charge in [-0.3, -0.25) is 0 Å². The second kappa shape index (κ2) is 8.65. The van der Waals surface area contributed by atoms with E-state index in [1.54, 1.807) is 7.11 Å². The molecule has 0 saturated carbocycles. The standard InChI is InChI=1S/C10H21BrO3/c1-10(2,8-11)9-14-7-6-13-5-4-12-3/h4-9H2,1-3H3. The van der Waals surface area contributed by atoms with Crippen molar-refractivity contribution in [1.82, 2.24) is 0 Å². The lowest BCUT2D eigenvalue weighted by Gasteiger charge is -2.21. The van der Waals surface area contributed by atoms with Gasteiger partial charge in [-0.25, -0.2) is 0 Å². The minimum absolute atomic E-state index is 0.201. The zero-order valence-electron chi connectivity index (χ0n) is 9.35. The molecule has 0 fully saturated rings. The second-order valence-electron chi connectivity index (χ2n) is 3.96. The summed E-state index contributed by atoms with van der Waals surface area (Å²) >= 11 is 3.45. The number of halogens is 1. The number of hydrogen-bond donors (Lipinski definition) is 0. The molecule has 0 rings (SSSR count). The van der Waals surface area contributed by atoms with Gasteiger partial charge in [0, 0.05) is 12.4 Å². The molecule has 0 aromatic rings. The Morgan fingerprint density at radius 3 is 2.14 bits per heavy atom. The fraction of sp³-hybridized carbons (Fsp3) is 1.00. The normalized spacial score (nSPS) is 12.0. The van der Waals surface area contributed by atoms with E-state index in [4.69, 9.17) is 14.2 Å². The van der Waals surface area contributed by atoms with Crippen LogP contribution in [0.2, 0.25) is 0 Å². The van der Waals surface area contributed by atoms with Crippen molar-refractivity contribution >= 4 is 15.9 Å². The molecule has 0 unspecified atom stereocenters. The van der Waals surface area contributed by atoms with Crippen LogP contribution in [0.15, 0.2) is 0 Å². The van der Waals surface area contributed by atoms with Crippen molar-refractivity contribution in [2.45, 2.75) is 13.8 Å². The van der Waals surface area contributed by atoms with E-state index >= 15 is 0 Å². The summed E-state index contributed by atoms with van der Waals surface area (Å²) in [6, 6.07) is 0. The average molecular weight is 269 g/mol. The number of rotatable bonds is 9. The minimum atomic E-state index is 0.201. The van der Waals surface area contributed by atoms with Crippen molar-refractivity contribution in [3.05, 3.63) is 0 Å². The minimum Gasteiger partial charge on any atom is -0.382 e. The molecule has 0 heterocycles. The molecule has 0 spiro atoms. The third-order valence-corrected chi connectivity index (χ3v) is 3.18. The molecule has 0 aliphatic heterocycles. The van der Waals surface area contributed by atoms with Gasteiger partial charge in [0.15, 0.2) is 0 Å². The molecule has 14 heavy (non-hydrogen) atoms. The Balaban J connectivity index is 3.13. The number of ether oxygens (including phenoxy) is 3. The second-order valence-corrected chi connectivity index (χ2v) is 4.52. The zero-order valence-corrected chi connectivity index (χ0v) is 10.9. The Hall–Kier alpha value is 0.360. The summed E-state index contributed by atoms with van der Waals surface area (Å²) in [7, 11) is 1.67. The van der Waals surface area contributed by atoms with Crippen molar-refractivity contribution in [1.29, 1.82) is 0 Å². The molecule has 0 amide bonds. The fourth-order valence-electron chi connectivity index (χ4n) is 0.749. The first-order valence-corrected chi connectivity index (χ1v) is 5.95. The summed E-state index contributed by atoms with van der Waals surface area (Å²) < 4.78 is 15.6. The topological polar surface area (TPSA) is 27.7 Å². The van der Waals surface area contributed by atoms with Crippen molar-refractivity contribution in [2.24, 2.45) is 5.41 Å². The monoisotopic (exact) mass is 268 g/mol. The van der Waals surface area contributed by atoms with Crippen LogP contribution in [0, 0.1) is 5.41 Å². The molecule has 0 aliphatic rings. The molecule has 3 nitrogen and oxygen atoms in total. The molecule has 0 bridgehead atoms. The molecule has 0 radical (unpaired) electrons. The summed E-state index contributed by atoms with van der Waals surface area (Å²) in [4.78, 5) is 0. The predicted octanol–water partition coefficient (Wildman–Crippen LogP) is 2.09. The molecule has 0 aromatic carbocycles. The van der Waals surface area contributed by atoms with E-state index in [-0.39, 0.29) is 5.41 Å². The van der Waals surface area contributed by atoms with Crippen LogP contribution in [0.1, 0.15) is 13.8 Å². The van der Waals surface area contributed by atoms with Crippen LogP contribution in [0.4, 0.5) is 0 Å². The maximum atomic E-state index is 5.47. The smallest absolute Gasteiger partial charge is 0.0701 e. The van der Waals surface area contributed by atoms with Gasteiger partial charge in [0.05, 0.1) is 33.0 Å². The maximum Gasteiger partial charge on any atom is 0.0701 e. The first-order valence-electron chi connectivity index (χ1n) is 4.83. The van der Waals surface area contributed by atoms with Crippen LogP contribution in [-0.4, -0.2) is 45.5 Å². The molecule has 0 atom stereocenters. The number of methoxy groups -OCH3 is 1. The average Bonchev–Trinajstić information content (AvgIpc) is 2.16. The van der Waals surface area contributed by atoms with Crippen LogP contribution in [0.3, 0.4) is 0 Å². The van der Waals surface area contributed by atoms with E-state index in [0.29, 0.717) is 26.4 Å². The fourth-order valence-corrected chi connectivity index (χ4v) is 0.911. The van der Waals surface area contributed by atoms with E-state index < -0.39 is 0 Å². The molecule has 0 aromatic heterocycles. The number of hydrogen-bond acceptors (Lipinski definition) is 3. The maximum absolute atomic E-state index is 5.47. The lowest BCUT2D eigenvalue weighted by Crippen LogP contribution is -2.22. The quantitative estimate of drug-likeness (QED) is 0.474. The van der Waals surface area contributed by atoms with Crippen LogP contribution in [-0.2, 0) is 14.2 Å². The summed E-state index contributed by atoms with van der Waals surface area (Å²) in [5.74, 6) is 0. The van der Waals surface area contributed by atoms with Crippen LogP contribution in [0.5, 0.6) is 0 Å².